The maximum Gasteiger partial charge on any atom is 0.178 e. The quantitative estimate of drug-likeness (QED) is 0.846. The van der Waals surface area contributed by atoms with E-state index in [1.54, 1.807) is 0 Å². The average Bonchev–Trinajstić information content (AvgIpc) is 2.68. The smallest absolute Gasteiger partial charge is 0.178 e. The minimum Gasteiger partial charge on any atom is -0.331 e. The summed E-state index contributed by atoms with van der Waals surface area (Å²) in [5.74, 6) is 0. The lowest BCUT2D eigenvalue weighted by Gasteiger charge is -2.18. The first kappa shape index (κ1) is 13.6. The van der Waals surface area contributed by atoms with Crippen LogP contribution in [0.4, 0.5) is 0 Å². The van der Waals surface area contributed by atoms with Gasteiger partial charge in [-0.15, -0.1) is 0 Å². The molecule has 0 amide bonds. The molecule has 18 heavy (non-hydrogen) atoms. The second-order valence-corrected chi connectivity index (χ2v) is 5.04. The highest BCUT2D eigenvalue weighted by molar-refractivity contribution is 7.71. The van der Waals surface area contributed by atoms with Crippen LogP contribution in [0.5, 0.6) is 0 Å². The lowest BCUT2D eigenvalue weighted by molar-refractivity contribution is 0.291. The maximum absolute atomic E-state index is 6.26. The monoisotopic (exact) mass is 283 g/mol. The molecular formula is C13H18ClN3S. The summed E-state index contributed by atoms with van der Waals surface area (Å²) < 4.78 is 2.83. The number of likely N-dealkylation sites (N-methyl/N-ethyl adjacent to an activating group) is 1. The highest BCUT2D eigenvalue weighted by Crippen LogP contribution is 2.23. The van der Waals surface area contributed by atoms with Crippen molar-refractivity contribution in [1.82, 2.24) is 14.5 Å². The molecular weight excluding hydrogens is 266 g/mol. The Balaban J connectivity index is 2.33. The van der Waals surface area contributed by atoms with Crippen molar-refractivity contribution in [3.8, 4) is 0 Å². The molecule has 5 heteroatoms. The molecule has 1 aromatic heterocycles. The number of benzene rings is 1. The average molecular weight is 284 g/mol. The zero-order chi connectivity index (χ0) is 13.1. The standard InChI is InChI=1S/C13H18ClN3S/c1-3-16(4-2)8-9-17-12-10(14)6-5-7-11(12)15-13(17)18/h5-7H,3-4,8-9H2,1-2H3,(H,15,18). The number of aromatic amines is 1. The van der Waals surface area contributed by atoms with Gasteiger partial charge in [0, 0.05) is 13.1 Å². The van der Waals surface area contributed by atoms with Gasteiger partial charge in [0.2, 0.25) is 0 Å². The molecule has 1 aromatic carbocycles. The van der Waals surface area contributed by atoms with Crippen molar-refractivity contribution in [2.45, 2.75) is 20.4 Å². The molecule has 98 valence electrons. The normalized spacial score (nSPS) is 11.6. The first-order valence-corrected chi connectivity index (χ1v) is 7.05. The van der Waals surface area contributed by atoms with Crippen molar-refractivity contribution in [1.29, 1.82) is 0 Å². The van der Waals surface area contributed by atoms with E-state index in [1.165, 1.54) is 0 Å². The summed E-state index contributed by atoms with van der Waals surface area (Å²) in [5, 5.41) is 0.749. The van der Waals surface area contributed by atoms with Crippen molar-refractivity contribution in [2.24, 2.45) is 0 Å². The van der Waals surface area contributed by atoms with Gasteiger partial charge in [0.1, 0.15) is 0 Å². The summed E-state index contributed by atoms with van der Waals surface area (Å²) in [6.45, 7) is 8.31. The van der Waals surface area contributed by atoms with Gasteiger partial charge in [-0.25, -0.2) is 0 Å². The number of nitrogens with zero attached hydrogens (tertiary/aromatic N) is 2. The number of hydrogen-bond donors (Lipinski definition) is 1. The number of nitrogens with one attached hydrogen (secondary N) is 1. The third kappa shape index (κ3) is 2.60. The lowest BCUT2D eigenvalue weighted by atomic mass is 10.3. The Morgan fingerprint density at radius 3 is 2.72 bits per heavy atom. The van der Waals surface area contributed by atoms with Gasteiger partial charge in [0.05, 0.1) is 16.1 Å². The molecule has 0 aliphatic heterocycles. The number of para-hydroxylation sites is 1. The molecule has 0 unspecified atom stereocenters. The Bertz CT molecular complexity index is 583. The van der Waals surface area contributed by atoms with Crippen LogP contribution < -0.4 is 0 Å². The van der Waals surface area contributed by atoms with Crippen LogP contribution in [0.1, 0.15) is 13.8 Å². The summed E-state index contributed by atoms with van der Waals surface area (Å²) in [6.07, 6.45) is 0. The zero-order valence-electron chi connectivity index (χ0n) is 10.7. The SMILES string of the molecule is CCN(CC)CCn1c(=S)[nH]c2cccc(Cl)c21. The van der Waals surface area contributed by atoms with E-state index in [0.29, 0.717) is 0 Å². The van der Waals surface area contributed by atoms with Crippen molar-refractivity contribution in [2.75, 3.05) is 19.6 Å². The molecule has 2 aromatic rings. The molecule has 0 saturated carbocycles. The Morgan fingerprint density at radius 2 is 2.06 bits per heavy atom. The van der Waals surface area contributed by atoms with Crippen molar-refractivity contribution < 1.29 is 0 Å². The van der Waals surface area contributed by atoms with Crippen LogP contribution in [0, 0.1) is 4.77 Å². The summed E-state index contributed by atoms with van der Waals surface area (Å²) in [7, 11) is 0. The molecule has 2 rings (SSSR count). The second-order valence-electron chi connectivity index (χ2n) is 4.24. The number of hydrogen-bond acceptors (Lipinski definition) is 2. The highest BCUT2D eigenvalue weighted by Gasteiger charge is 2.08. The van der Waals surface area contributed by atoms with E-state index in [9.17, 15) is 0 Å². The number of imidazole rings is 1. The Morgan fingerprint density at radius 1 is 1.33 bits per heavy atom. The molecule has 0 saturated heterocycles. The second kappa shape index (κ2) is 5.87. The molecule has 0 atom stereocenters. The molecule has 1 heterocycles. The number of fused-ring (bicyclic) bond motifs is 1. The van der Waals surface area contributed by atoms with Gasteiger partial charge in [-0.1, -0.05) is 31.5 Å². The third-order valence-electron chi connectivity index (χ3n) is 3.28. The van der Waals surface area contributed by atoms with Crippen molar-refractivity contribution in [3.63, 3.8) is 0 Å². The first-order chi connectivity index (χ1) is 8.67. The minimum absolute atomic E-state index is 0.741. The van der Waals surface area contributed by atoms with Gasteiger partial charge in [-0.3, -0.25) is 0 Å². The Labute approximate surface area is 117 Å². The fourth-order valence-electron chi connectivity index (χ4n) is 2.17. The van der Waals surface area contributed by atoms with Gasteiger partial charge in [-0.05, 0) is 37.4 Å². The van der Waals surface area contributed by atoms with Crippen molar-refractivity contribution >= 4 is 34.9 Å². The van der Waals surface area contributed by atoms with E-state index in [0.717, 1.165) is 47.0 Å². The predicted octanol–water partition coefficient (Wildman–Crippen LogP) is 3.69. The largest absolute Gasteiger partial charge is 0.331 e. The Hall–Kier alpha value is -0.840. The Kier molecular flexibility index (Phi) is 4.43. The van der Waals surface area contributed by atoms with Crippen LogP contribution in [-0.2, 0) is 6.54 Å². The molecule has 3 nitrogen and oxygen atoms in total. The van der Waals surface area contributed by atoms with Crippen LogP contribution in [0.15, 0.2) is 18.2 Å². The molecule has 0 fully saturated rings. The minimum atomic E-state index is 0.741. The third-order valence-corrected chi connectivity index (χ3v) is 3.91. The molecule has 0 radical (unpaired) electrons. The van der Waals surface area contributed by atoms with E-state index < -0.39 is 0 Å². The molecule has 0 bridgehead atoms. The fraction of sp³-hybridized carbons (Fsp3) is 0.462. The first-order valence-electron chi connectivity index (χ1n) is 6.26. The lowest BCUT2D eigenvalue weighted by Crippen LogP contribution is -2.27. The number of H-pyrrole nitrogens is 1. The van der Waals surface area contributed by atoms with Gasteiger partial charge in [-0.2, -0.15) is 0 Å². The van der Waals surface area contributed by atoms with Crippen LogP contribution >= 0.6 is 23.8 Å². The van der Waals surface area contributed by atoms with E-state index in [-0.39, 0.29) is 0 Å². The molecule has 0 spiro atoms. The van der Waals surface area contributed by atoms with E-state index >= 15 is 0 Å². The van der Waals surface area contributed by atoms with Crippen LogP contribution in [0.3, 0.4) is 0 Å². The van der Waals surface area contributed by atoms with Gasteiger partial charge >= 0.3 is 0 Å². The van der Waals surface area contributed by atoms with E-state index in [2.05, 4.69) is 28.3 Å². The maximum atomic E-state index is 6.26. The van der Waals surface area contributed by atoms with Crippen LogP contribution in [0.2, 0.25) is 5.02 Å². The van der Waals surface area contributed by atoms with Gasteiger partial charge in [0.25, 0.3) is 0 Å². The molecule has 0 aliphatic carbocycles. The zero-order valence-corrected chi connectivity index (χ0v) is 12.3. The van der Waals surface area contributed by atoms with Gasteiger partial charge < -0.3 is 14.5 Å². The number of rotatable bonds is 5. The van der Waals surface area contributed by atoms with Crippen LogP contribution in [-0.4, -0.2) is 34.1 Å². The predicted molar refractivity (Wildman–Crippen MR) is 79.9 cm³/mol. The number of halogens is 1. The fourth-order valence-corrected chi connectivity index (χ4v) is 2.74. The summed E-state index contributed by atoms with van der Waals surface area (Å²) in [5.41, 5.74) is 2.02. The van der Waals surface area contributed by atoms with E-state index in [1.807, 2.05) is 18.2 Å². The summed E-state index contributed by atoms with van der Waals surface area (Å²) >= 11 is 11.6. The highest BCUT2D eigenvalue weighted by atomic mass is 35.5. The topological polar surface area (TPSA) is 24.0 Å². The summed E-state index contributed by atoms with van der Waals surface area (Å²) in [4.78, 5) is 5.57. The molecule has 1 N–H and O–H groups in total. The summed E-state index contributed by atoms with van der Waals surface area (Å²) in [6, 6.07) is 5.84. The van der Waals surface area contributed by atoms with Crippen molar-refractivity contribution in [3.05, 3.63) is 28.0 Å². The van der Waals surface area contributed by atoms with Gasteiger partial charge in [0.15, 0.2) is 4.77 Å². The number of aromatic nitrogens is 2. The van der Waals surface area contributed by atoms with Crippen LogP contribution in [0.25, 0.3) is 11.0 Å². The molecule has 0 aliphatic rings. The van der Waals surface area contributed by atoms with E-state index in [4.69, 9.17) is 23.8 Å².